The van der Waals surface area contributed by atoms with Gasteiger partial charge >= 0.3 is 17.1 Å². The number of carbonyl (C=O) groups excluding carboxylic acids is 2. The summed E-state index contributed by atoms with van der Waals surface area (Å²) in [5.41, 5.74) is 2.34. The van der Waals surface area contributed by atoms with Crippen LogP contribution in [0.25, 0.3) is 0 Å². The average Bonchev–Trinajstić information content (AvgIpc) is 2.88. The van der Waals surface area contributed by atoms with E-state index in [1.807, 2.05) is 0 Å². The van der Waals surface area contributed by atoms with Crippen LogP contribution in [0, 0.1) is 20.5 Å². The Kier molecular flexibility index (Phi) is 28.7. The molecule has 0 aliphatic heterocycles. The third-order valence-electron chi connectivity index (χ3n) is 3.69. The summed E-state index contributed by atoms with van der Waals surface area (Å²) in [5.74, 6) is -0.0996. The Bertz CT molecular complexity index is 1050. The Morgan fingerprint density at radius 3 is 0.721 bits per heavy atom. The zero-order chi connectivity index (χ0) is 28.6. The van der Waals surface area contributed by atoms with Crippen LogP contribution < -0.4 is 37.3 Å². The van der Waals surface area contributed by atoms with Crippen molar-refractivity contribution in [3.63, 3.8) is 0 Å². The van der Waals surface area contributed by atoms with E-state index in [9.17, 15) is 9.59 Å². The van der Waals surface area contributed by atoms with Gasteiger partial charge in [0, 0.05) is 71.8 Å². The fourth-order valence-electron chi connectivity index (χ4n) is 2.32. The molecule has 0 atom stereocenters. The van der Waals surface area contributed by atoms with Gasteiger partial charge in [0.25, 0.3) is 0 Å². The van der Waals surface area contributed by atoms with Crippen molar-refractivity contribution in [2.75, 3.05) is 0 Å². The molecule has 0 aliphatic rings. The van der Waals surface area contributed by atoms with Crippen LogP contribution in [0.4, 0.5) is 0 Å². The van der Waals surface area contributed by atoms with E-state index >= 15 is 0 Å². The Hall–Kier alpha value is -3.44. The second-order valence-electron chi connectivity index (χ2n) is 6.38. The second kappa shape index (κ2) is 25.1. The summed E-state index contributed by atoms with van der Waals surface area (Å²) in [5, 5.41) is 0. The van der Waals surface area contributed by atoms with Crippen molar-refractivity contribution in [3.8, 4) is 0 Å². The molecule has 18 nitrogen and oxygen atoms in total. The molecule has 237 valence electrons. The molecule has 0 bridgehead atoms. The van der Waals surface area contributed by atoms with Crippen molar-refractivity contribution in [1.29, 1.82) is 0 Å². The Morgan fingerprint density at radius 2 is 0.605 bits per heavy atom. The Labute approximate surface area is 257 Å². The van der Waals surface area contributed by atoms with Crippen LogP contribution in [0.1, 0.15) is 31.8 Å². The van der Waals surface area contributed by atoms with Crippen molar-refractivity contribution < 1.29 is 106 Å². The first-order valence-electron chi connectivity index (χ1n) is 9.68. The molecule has 0 saturated heterocycles. The van der Waals surface area contributed by atoms with Crippen molar-refractivity contribution in [2.45, 2.75) is 0 Å². The molecule has 0 aromatic carbocycles. The molecule has 12 N–H and O–H groups in total. The quantitative estimate of drug-likeness (QED) is 0.109. The van der Waals surface area contributed by atoms with Crippen LogP contribution in [0.15, 0.2) is 98.1 Å². The van der Waals surface area contributed by atoms with Gasteiger partial charge < -0.3 is 21.9 Å². The van der Waals surface area contributed by atoms with Gasteiger partial charge in [-0.2, -0.15) is 0 Å². The smallest absolute Gasteiger partial charge is 0.457 e. The SMILES string of the molecule is O=C(c1cccnc1)c1cccnc1.O=C(c1cccnc1)c1cccnc1.[Mn+2].[O-][Cl+3]([O-])([O-])[O-].[O-][Cl+3]([O-])([O-])[O-].[OH3+].[OH3+].[OH3+].[OH3+]. The number of aromatic nitrogens is 4. The first kappa shape index (κ1) is 49.2. The average molecular weight is 698 g/mol. The van der Waals surface area contributed by atoms with Gasteiger partial charge in [0.2, 0.25) is 0 Å². The van der Waals surface area contributed by atoms with Crippen molar-refractivity contribution in [1.82, 2.24) is 19.9 Å². The van der Waals surface area contributed by atoms with Gasteiger partial charge in [0.15, 0.2) is 11.6 Å². The maximum Gasteiger partial charge on any atom is 2.00 e. The predicted octanol–water partition coefficient (Wildman–Crippen LogP) is -9.79. The van der Waals surface area contributed by atoms with E-state index in [2.05, 4.69) is 19.9 Å². The Morgan fingerprint density at radius 1 is 0.442 bits per heavy atom. The molecule has 0 unspecified atom stereocenters. The largest absolute Gasteiger partial charge is 2.00 e. The Balaban J connectivity index is -0.000000158. The molecule has 4 aromatic heterocycles. The number of pyridine rings is 4. The van der Waals surface area contributed by atoms with Gasteiger partial charge in [-0.05, 0) is 48.5 Å². The normalized spacial score (nSPS) is 9.12. The van der Waals surface area contributed by atoms with Crippen molar-refractivity contribution >= 4 is 11.6 Å². The summed E-state index contributed by atoms with van der Waals surface area (Å²) in [7, 11) is -9.89. The number of rotatable bonds is 4. The first-order valence-corrected chi connectivity index (χ1v) is 12.2. The zero-order valence-electron chi connectivity index (χ0n) is 21.6. The van der Waals surface area contributed by atoms with Crippen LogP contribution in [-0.4, -0.2) is 31.5 Å². The van der Waals surface area contributed by atoms with Gasteiger partial charge in [0.1, 0.15) is 0 Å². The molecule has 0 amide bonds. The summed E-state index contributed by atoms with van der Waals surface area (Å²) in [6, 6.07) is 13.9. The molecule has 0 fully saturated rings. The predicted molar refractivity (Wildman–Crippen MR) is 123 cm³/mol. The van der Waals surface area contributed by atoms with E-state index in [4.69, 9.17) is 37.3 Å². The van der Waals surface area contributed by atoms with Crippen LogP contribution in [0.3, 0.4) is 0 Å². The molecule has 0 spiro atoms. The standard InChI is InChI=1S/2C11H8N2O.2ClHO4.Mn.4H2O/c2*14-11(9-3-1-5-12-7-9)10-4-2-6-13-8-10;2*2-1(3,4)5;;;;;/h2*1-8H;2*(H,2,3,4,5);;4*1H2/q;;;;+2;;;;/p+2. The summed E-state index contributed by atoms with van der Waals surface area (Å²) < 4.78 is 67.9. The van der Waals surface area contributed by atoms with E-state index < -0.39 is 20.5 Å². The minimum Gasteiger partial charge on any atom is -0.457 e. The van der Waals surface area contributed by atoms with E-state index in [0.29, 0.717) is 22.3 Å². The molecule has 1 radical (unpaired) electrons. The number of hydrogen-bond acceptors (Lipinski definition) is 14. The molecule has 4 rings (SSSR count). The minimum absolute atomic E-state index is 0. The summed E-state index contributed by atoms with van der Waals surface area (Å²) >= 11 is 0. The number of nitrogens with zero attached hydrogens (tertiary/aromatic N) is 4. The molecule has 0 saturated carbocycles. The third-order valence-corrected chi connectivity index (χ3v) is 3.69. The molecular weight excluding hydrogens is 670 g/mol. The van der Waals surface area contributed by atoms with Gasteiger partial charge in [-0.3, -0.25) is 29.5 Å². The van der Waals surface area contributed by atoms with E-state index in [0.717, 1.165) is 0 Å². The van der Waals surface area contributed by atoms with Crippen LogP contribution in [-0.2, 0) is 39.0 Å². The summed E-state index contributed by atoms with van der Waals surface area (Å²) in [6.07, 6.45) is 12.8. The fourth-order valence-corrected chi connectivity index (χ4v) is 2.32. The van der Waals surface area contributed by atoms with Crippen molar-refractivity contribution in [3.05, 3.63) is 120 Å². The summed E-state index contributed by atoms with van der Waals surface area (Å²) in [6.45, 7) is 0. The first-order chi connectivity index (χ1) is 17.8. The molecule has 4 aromatic rings. The molecule has 0 aliphatic carbocycles. The minimum atomic E-state index is -4.94. The molecular formula is C22H28Cl2MnN4O14+4. The number of hydrogen-bond donors (Lipinski definition) is 0. The van der Waals surface area contributed by atoms with E-state index in [1.165, 1.54) is 0 Å². The van der Waals surface area contributed by atoms with E-state index in [-0.39, 0.29) is 50.5 Å². The van der Waals surface area contributed by atoms with Gasteiger partial charge in [-0.25, -0.2) is 37.3 Å². The van der Waals surface area contributed by atoms with Gasteiger partial charge in [-0.1, -0.05) is 0 Å². The molecule has 4 heterocycles. The fraction of sp³-hybridized carbons (Fsp3) is 0. The van der Waals surface area contributed by atoms with Gasteiger partial charge in [0.05, 0.1) is 0 Å². The topological polar surface area (TPSA) is 402 Å². The van der Waals surface area contributed by atoms with Crippen LogP contribution >= 0.6 is 0 Å². The van der Waals surface area contributed by atoms with E-state index in [1.54, 1.807) is 98.1 Å². The monoisotopic (exact) mass is 697 g/mol. The number of halogens is 2. The zero-order valence-corrected chi connectivity index (χ0v) is 24.2. The van der Waals surface area contributed by atoms with Crippen LogP contribution in [0.2, 0.25) is 0 Å². The maximum absolute atomic E-state index is 11.8. The van der Waals surface area contributed by atoms with Crippen LogP contribution in [0.5, 0.6) is 0 Å². The second-order valence-corrected chi connectivity index (χ2v) is 7.89. The maximum atomic E-state index is 11.8. The molecule has 43 heavy (non-hydrogen) atoms. The third kappa shape index (κ3) is 26.0. The summed E-state index contributed by atoms with van der Waals surface area (Å²) in [4.78, 5) is 39.1. The number of ketones is 2. The number of carbonyl (C=O) groups is 2. The van der Waals surface area contributed by atoms with Crippen molar-refractivity contribution in [2.24, 2.45) is 0 Å². The van der Waals surface area contributed by atoms with Gasteiger partial charge in [-0.15, -0.1) is 20.5 Å². The molecule has 21 heteroatoms.